The van der Waals surface area contributed by atoms with E-state index >= 15 is 0 Å². The van der Waals surface area contributed by atoms with Crippen molar-refractivity contribution in [3.63, 3.8) is 0 Å². The molecule has 1 amide bonds. The number of amides is 1. The summed E-state index contributed by atoms with van der Waals surface area (Å²) in [6.07, 6.45) is 4.40. The maximum Gasteiger partial charge on any atom is 0.305 e. The van der Waals surface area contributed by atoms with Crippen molar-refractivity contribution in [3.8, 4) is 0 Å². The number of esters is 1. The maximum atomic E-state index is 11.8. The summed E-state index contributed by atoms with van der Waals surface area (Å²) in [4.78, 5) is 22.8. The third kappa shape index (κ3) is 5.33. The van der Waals surface area contributed by atoms with E-state index in [2.05, 4.69) is 20.3 Å². The molecule has 23 heavy (non-hydrogen) atoms. The van der Waals surface area contributed by atoms with Gasteiger partial charge in [-0.05, 0) is 24.6 Å². The Balaban J connectivity index is 1.85. The van der Waals surface area contributed by atoms with Crippen LogP contribution in [-0.2, 0) is 27.2 Å². The van der Waals surface area contributed by atoms with Gasteiger partial charge in [-0.2, -0.15) is 0 Å². The van der Waals surface area contributed by atoms with E-state index in [0.29, 0.717) is 23.1 Å². The van der Waals surface area contributed by atoms with Gasteiger partial charge in [0.15, 0.2) is 0 Å². The number of furan rings is 1. The van der Waals surface area contributed by atoms with Crippen molar-refractivity contribution in [2.24, 2.45) is 0 Å². The third-order valence-corrected chi connectivity index (χ3v) is 3.87. The number of ether oxygens (including phenoxy) is 1. The van der Waals surface area contributed by atoms with Crippen LogP contribution in [0.1, 0.15) is 29.9 Å². The van der Waals surface area contributed by atoms with Crippen LogP contribution in [0.15, 0.2) is 22.6 Å². The highest BCUT2D eigenvalue weighted by atomic mass is 32.1. The largest absolute Gasteiger partial charge is 0.469 e. The summed E-state index contributed by atoms with van der Waals surface area (Å²) >= 11 is 1.34. The molecular formula is C15H17N3O4S. The summed E-state index contributed by atoms with van der Waals surface area (Å²) in [5.74, 6) is 0.594. The fourth-order valence-electron chi connectivity index (χ4n) is 1.70. The lowest BCUT2D eigenvalue weighted by atomic mass is 10.2. The van der Waals surface area contributed by atoms with Gasteiger partial charge in [-0.25, -0.2) is 0 Å². The van der Waals surface area contributed by atoms with Crippen LogP contribution in [0, 0.1) is 0 Å². The number of aromatic nitrogens is 2. The number of rotatable bonds is 7. The van der Waals surface area contributed by atoms with Crippen molar-refractivity contribution in [1.82, 2.24) is 10.2 Å². The fourth-order valence-corrected chi connectivity index (χ4v) is 2.38. The zero-order valence-corrected chi connectivity index (χ0v) is 13.7. The smallest absolute Gasteiger partial charge is 0.305 e. The Morgan fingerprint density at radius 3 is 2.91 bits per heavy atom. The first-order valence-electron chi connectivity index (χ1n) is 7.07. The lowest BCUT2D eigenvalue weighted by Crippen LogP contribution is -2.07. The van der Waals surface area contributed by atoms with E-state index in [9.17, 15) is 9.59 Å². The first kappa shape index (κ1) is 16.9. The predicted octanol–water partition coefficient (Wildman–Crippen LogP) is 2.45. The molecule has 0 saturated carbocycles. The van der Waals surface area contributed by atoms with Crippen LogP contribution in [-0.4, -0.2) is 29.2 Å². The molecule has 7 nitrogen and oxygen atoms in total. The molecule has 2 aromatic rings. The average Bonchev–Trinajstić information content (AvgIpc) is 3.19. The molecule has 0 aliphatic carbocycles. The zero-order chi connectivity index (χ0) is 16.7. The minimum atomic E-state index is -0.309. The van der Waals surface area contributed by atoms with E-state index in [0.717, 1.165) is 11.4 Å². The van der Waals surface area contributed by atoms with Gasteiger partial charge in [0.2, 0.25) is 11.0 Å². The lowest BCUT2D eigenvalue weighted by Gasteiger charge is -1.96. The van der Waals surface area contributed by atoms with E-state index in [-0.39, 0.29) is 18.3 Å². The quantitative estimate of drug-likeness (QED) is 0.617. The van der Waals surface area contributed by atoms with E-state index in [1.807, 2.05) is 6.92 Å². The molecule has 2 rings (SSSR count). The molecule has 0 aromatic carbocycles. The SMILES string of the molecule is CCc1nnc(NC(=O)C=Cc2ccc(CCC(=O)OC)o2)s1. The molecule has 0 atom stereocenters. The number of hydrogen-bond acceptors (Lipinski definition) is 7. The molecule has 2 aromatic heterocycles. The summed E-state index contributed by atoms with van der Waals surface area (Å²) in [5.41, 5.74) is 0. The summed E-state index contributed by atoms with van der Waals surface area (Å²) < 4.78 is 10.1. The van der Waals surface area contributed by atoms with Crippen LogP contribution in [0.2, 0.25) is 0 Å². The third-order valence-electron chi connectivity index (χ3n) is 2.88. The van der Waals surface area contributed by atoms with Crippen LogP contribution in [0.5, 0.6) is 0 Å². The molecule has 0 spiro atoms. The first-order valence-corrected chi connectivity index (χ1v) is 7.89. The monoisotopic (exact) mass is 335 g/mol. The Labute approximate surface area is 137 Å². The van der Waals surface area contributed by atoms with E-state index in [4.69, 9.17) is 4.42 Å². The molecular weight excluding hydrogens is 318 g/mol. The molecule has 122 valence electrons. The van der Waals surface area contributed by atoms with Crippen LogP contribution in [0.3, 0.4) is 0 Å². The molecule has 0 saturated heterocycles. The Kier molecular flexibility index (Phi) is 6.04. The van der Waals surface area contributed by atoms with Crippen LogP contribution >= 0.6 is 11.3 Å². The summed E-state index contributed by atoms with van der Waals surface area (Å²) in [6.45, 7) is 1.97. The summed E-state index contributed by atoms with van der Waals surface area (Å²) in [7, 11) is 1.35. The van der Waals surface area contributed by atoms with Gasteiger partial charge in [-0.15, -0.1) is 10.2 Å². The molecule has 0 unspecified atom stereocenters. The Bertz CT molecular complexity index is 705. The minimum absolute atomic E-state index is 0.254. The highest BCUT2D eigenvalue weighted by Gasteiger charge is 2.06. The standard InChI is InChI=1S/C15H17N3O4S/c1-3-13-17-18-15(23-13)16-12(19)8-6-10-4-5-11(22-10)7-9-14(20)21-2/h4-6,8H,3,7,9H2,1-2H3,(H,16,18,19). The van der Waals surface area contributed by atoms with Gasteiger partial charge in [-0.1, -0.05) is 18.3 Å². The van der Waals surface area contributed by atoms with Crippen molar-refractivity contribution in [3.05, 3.63) is 34.7 Å². The van der Waals surface area contributed by atoms with Gasteiger partial charge in [0.05, 0.1) is 13.5 Å². The highest BCUT2D eigenvalue weighted by molar-refractivity contribution is 7.15. The number of hydrogen-bond donors (Lipinski definition) is 1. The number of methoxy groups -OCH3 is 1. The topological polar surface area (TPSA) is 94.3 Å². The van der Waals surface area contributed by atoms with E-state index in [1.165, 1.54) is 24.5 Å². The zero-order valence-electron chi connectivity index (χ0n) is 12.9. The number of nitrogens with zero attached hydrogens (tertiary/aromatic N) is 2. The fraction of sp³-hybridized carbons (Fsp3) is 0.333. The van der Waals surface area contributed by atoms with Crippen molar-refractivity contribution < 1.29 is 18.7 Å². The molecule has 8 heteroatoms. The van der Waals surface area contributed by atoms with Gasteiger partial charge in [0.1, 0.15) is 16.5 Å². The predicted molar refractivity (Wildman–Crippen MR) is 86.0 cm³/mol. The van der Waals surface area contributed by atoms with Crippen molar-refractivity contribution in [1.29, 1.82) is 0 Å². The van der Waals surface area contributed by atoms with Gasteiger partial charge in [0.25, 0.3) is 0 Å². The highest BCUT2D eigenvalue weighted by Crippen LogP contribution is 2.16. The molecule has 0 fully saturated rings. The lowest BCUT2D eigenvalue weighted by molar-refractivity contribution is -0.140. The average molecular weight is 335 g/mol. The van der Waals surface area contributed by atoms with Crippen molar-refractivity contribution in [2.45, 2.75) is 26.2 Å². The van der Waals surface area contributed by atoms with E-state index in [1.54, 1.807) is 18.2 Å². The van der Waals surface area contributed by atoms with Gasteiger partial charge < -0.3 is 9.15 Å². The minimum Gasteiger partial charge on any atom is -0.469 e. The Morgan fingerprint density at radius 1 is 1.39 bits per heavy atom. The molecule has 0 aliphatic rings. The number of carbonyl (C=O) groups excluding carboxylic acids is 2. The van der Waals surface area contributed by atoms with Crippen molar-refractivity contribution in [2.75, 3.05) is 12.4 Å². The molecule has 0 aliphatic heterocycles. The molecule has 0 bridgehead atoms. The van der Waals surface area contributed by atoms with E-state index < -0.39 is 0 Å². The van der Waals surface area contributed by atoms with Crippen LogP contribution < -0.4 is 5.32 Å². The second kappa shape index (κ2) is 8.23. The molecule has 1 N–H and O–H groups in total. The summed E-state index contributed by atoms with van der Waals surface area (Å²) in [6, 6.07) is 3.50. The Hall–Kier alpha value is -2.48. The number of nitrogens with one attached hydrogen (secondary N) is 1. The second-order valence-electron chi connectivity index (χ2n) is 4.56. The number of anilines is 1. The van der Waals surface area contributed by atoms with Crippen LogP contribution in [0.25, 0.3) is 6.08 Å². The normalized spacial score (nSPS) is 10.9. The first-order chi connectivity index (χ1) is 11.1. The molecule has 2 heterocycles. The van der Waals surface area contributed by atoms with Gasteiger partial charge >= 0.3 is 5.97 Å². The van der Waals surface area contributed by atoms with Crippen molar-refractivity contribution >= 4 is 34.4 Å². The van der Waals surface area contributed by atoms with Gasteiger partial charge in [-0.3, -0.25) is 14.9 Å². The van der Waals surface area contributed by atoms with Crippen LogP contribution in [0.4, 0.5) is 5.13 Å². The number of carbonyl (C=O) groups is 2. The second-order valence-corrected chi connectivity index (χ2v) is 5.62. The molecule has 0 radical (unpaired) electrons. The number of aryl methyl sites for hydroxylation is 2. The van der Waals surface area contributed by atoms with Gasteiger partial charge in [0, 0.05) is 12.5 Å². The summed E-state index contributed by atoms with van der Waals surface area (Å²) in [5, 5.41) is 11.8. The Morgan fingerprint density at radius 2 is 2.22 bits per heavy atom. The maximum absolute atomic E-state index is 11.8.